The predicted molar refractivity (Wildman–Crippen MR) is 84.0 cm³/mol. The van der Waals surface area contributed by atoms with E-state index in [1.165, 1.54) is 0 Å². The van der Waals surface area contributed by atoms with E-state index >= 15 is 0 Å². The molecule has 112 valence electrons. The Hall–Kier alpha value is -2.62. The van der Waals surface area contributed by atoms with Gasteiger partial charge < -0.3 is 10.1 Å². The summed E-state index contributed by atoms with van der Waals surface area (Å²) in [5.74, 6) is 0.665. The van der Waals surface area contributed by atoms with Gasteiger partial charge in [0.1, 0.15) is 18.6 Å². The molecule has 4 nitrogen and oxygen atoms in total. The lowest BCUT2D eigenvalue weighted by Gasteiger charge is -2.13. The number of benzene rings is 2. The molecule has 3 rings (SSSR count). The summed E-state index contributed by atoms with van der Waals surface area (Å²) in [6.07, 6.45) is 2.62. The van der Waals surface area contributed by atoms with Crippen LogP contribution in [0.15, 0.2) is 48.5 Å². The van der Waals surface area contributed by atoms with Crippen molar-refractivity contribution in [2.75, 3.05) is 5.32 Å². The van der Waals surface area contributed by atoms with Crippen LogP contribution in [-0.4, -0.2) is 12.2 Å². The first-order chi connectivity index (χ1) is 10.8. The zero-order valence-corrected chi connectivity index (χ0v) is 12.1. The molecule has 2 aromatic carbocycles. The summed E-state index contributed by atoms with van der Waals surface area (Å²) in [4.78, 5) is 22.9. The highest BCUT2D eigenvalue weighted by atomic mass is 16.5. The van der Waals surface area contributed by atoms with E-state index in [-0.39, 0.29) is 11.8 Å². The summed E-state index contributed by atoms with van der Waals surface area (Å²) in [6.45, 7) is 0.410. The molecule has 22 heavy (non-hydrogen) atoms. The second-order valence-corrected chi connectivity index (χ2v) is 5.41. The maximum absolute atomic E-state index is 11.9. The Kier molecular flexibility index (Phi) is 4.19. The smallest absolute Gasteiger partial charge is 0.227 e. The highest BCUT2D eigenvalue weighted by molar-refractivity contribution is 5.96. The lowest BCUT2D eigenvalue weighted by Crippen LogP contribution is -2.14. The number of aldehydes is 1. The van der Waals surface area contributed by atoms with Crippen LogP contribution >= 0.6 is 0 Å². The Bertz CT molecular complexity index is 678. The maximum atomic E-state index is 11.9. The molecule has 0 spiro atoms. The third-order valence-electron chi connectivity index (χ3n) is 3.58. The van der Waals surface area contributed by atoms with E-state index in [0.29, 0.717) is 23.6 Å². The molecule has 1 amide bonds. The molecule has 0 radical (unpaired) electrons. The van der Waals surface area contributed by atoms with Crippen LogP contribution in [-0.2, 0) is 11.4 Å². The molecule has 1 fully saturated rings. The van der Waals surface area contributed by atoms with Gasteiger partial charge in [-0.05, 0) is 36.6 Å². The van der Waals surface area contributed by atoms with Crippen molar-refractivity contribution in [3.05, 3.63) is 59.7 Å². The summed E-state index contributed by atoms with van der Waals surface area (Å²) in [5.41, 5.74) is 2.11. The van der Waals surface area contributed by atoms with E-state index in [0.717, 1.165) is 24.7 Å². The lowest BCUT2D eigenvalue weighted by atomic mass is 10.2. The Morgan fingerprint density at radius 3 is 2.64 bits per heavy atom. The molecular formula is C18H17NO3. The number of carbonyl (C=O) groups is 2. The molecule has 1 N–H and O–H groups in total. The molecule has 0 bridgehead atoms. The normalized spacial score (nSPS) is 13.5. The third-order valence-corrected chi connectivity index (χ3v) is 3.58. The fourth-order valence-electron chi connectivity index (χ4n) is 2.16. The first-order valence-electron chi connectivity index (χ1n) is 7.33. The monoisotopic (exact) mass is 295 g/mol. The van der Waals surface area contributed by atoms with Crippen LogP contribution in [0.4, 0.5) is 5.69 Å². The maximum Gasteiger partial charge on any atom is 0.227 e. The average Bonchev–Trinajstić information content (AvgIpc) is 3.39. The number of ether oxygens (including phenoxy) is 1. The van der Waals surface area contributed by atoms with E-state index in [2.05, 4.69) is 5.32 Å². The van der Waals surface area contributed by atoms with Crippen molar-refractivity contribution in [1.82, 2.24) is 0 Å². The molecule has 1 saturated carbocycles. The second-order valence-electron chi connectivity index (χ2n) is 5.41. The van der Waals surface area contributed by atoms with Gasteiger partial charge in [0, 0.05) is 11.5 Å². The largest absolute Gasteiger partial charge is 0.487 e. The Morgan fingerprint density at radius 1 is 1.18 bits per heavy atom. The minimum atomic E-state index is -0.00684. The molecule has 0 saturated heterocycles. The van der Waals surface area contributed by atoms with E-state index in [4.69, 9.17) is 4.74 Å². The SMILES string of the molecule is O=Cc1ccc(OCc2ccccc2)c(NC(=O)C2CC2)c1. The summed E-state index contributed by atoms with van der Waals surface area (Å²) >= 11 is 0. The quantitative estimate of drug-likeness (QED) is 0.831. The lowest BCUT2D eigenvalue weighted by molar-refractivity contribution is -0.117. The Labute approximate surface area is 129 Å². The molecule has 1 aliphatic carbocycles. The summed E-state index contributed by atoms with van der Waals surface area (Å²) in [7, 11) is 0. The van der Waals surface area contributed by atoms with Gasteiger partial charge in [-0.15, -0.1) is 0 Å². The van der Waals surface area contributed by atoms with Gasteiger partial charge in [0.2, 0.25) is 5.91 Å². The third kappa shape index (κ3) is 3.52. The summed E-state index contributed by atoms with van der Waals surface area (Å²) in [6, 6.07) is 14.8. The van der Waals surface area contributed by atoms with Gasteiger partial charge in [-0.25, -0.2) is 0 Å². The number of anilines is 1. The zero-order valence-electron chi connectivity index (χ0n) is 12.1. The molecule has 4 heteroatoms. The first kappa shape index (κ1) is 14.3. The van der Waals surface area contributed by atoms with Crippen molar-refractivity contribution < 1.29 is 14.3 Å². The first-order valence-corrected chi connectivity index (χ1v) is 7.33. The van der Waals surface area contributed by atoms with Gasteiger partial charge in [-0.1, -0.05) is 30.3 Å². The number of hydrogen-bond acceptors (Lipinski definition) is 3. The van der Waals surface area contributed by atoms with E-state index in [9.17, 15) is 9.59 Å². The molecule has 0 aliphatic heterocycles. The number of carbonyl (C=O) groups excluding carboxylic acids is 2. The van der Waals surface area contributed by atoms with Gasteiger partial charge in [0.25, 0.3) is 0 Å². The summed E-state index contributed by atoms with van der Waals surface area (Å²) in [5, 5.41) is 2.86. The van der Waals surface area contributed by atoms with Gasteiger partial charge in [-0.3, -0.25) is 9.59 Å². The fraction of sp³-hybridized carbons (Fsp3) is 0.222. The molecule has 2 aromatic rings. The minimum Gasteiger partial charge on any atom is -0.487 e. The van der Waals surface area contributed by atoms with E-state index < -0.39 is 0 Å². The number of hydrogen-bond donors (Lipinski definition) is 1. The van der Waals surface area contributed by atoms with Crippen LogP contribution in [0.2, 0.25) is 0 Å². The van der Waals surface area contributed by atoms with Crippen molar-refractivity contribution >= 4 is 17.9 Å². The van der Waals surface area contributed by atoms with Crippen LogP contribution in [0.25, 0.3) is 0 Å². The minimum absolute atomic E-state index is 0.00684. The van der Waals surface area contributed by atoms with Gasteiger partial charge >= 0.3 is 0 Å². The second kappa shape index (κ2) is 6.43. The van der Waals surface area contributed by atoms with Crippen LogP contribution in [0.5, 0.6) is 5.75 Å². The van der Waals surface area contributed by atoms with Crippen molar-refractivity contribution in [3.8, 4) is 5.75 Å². The molecule has 0 atom stereocenters. The topological polar surface area (TPSA) is 55.4 Å². The molecule has 0 unspecified atom stereocenters. The van der Waals surface area contributed by atoms with Crippen molar-refractivity contribution in [1.29, 1.82) is 0 Å². The van der Waals surface area contributed by atoms with Gasteiger partial charge in [-0.2, -0.15) is 0 Å². The highest BCUT2D eigenvalue weighted by Gasteiger charge is 2.30. The van der Waals surface area contributed by atoms with Gasteiger partial charge in [0.15, 0.2) is 0 Å². The fourth-order valence-corrected chi connectivity index (χ4v) is 2.16. The number of rotatable bonds is 6. The van der Waals surface area contributed by atoms with Crippen LogP contribution < -0.4 is 10.1 Å². The number of amides is 1. The van der Waals surface area contributed by atoms with Crippen molar-refractivity contribution in [2.45, 2.75) is 19.4 Å². The average molecular weight is 295 g/mol. The van der Waals surface area contributed by atoms with Crippen LogP contribution in [0.1, 0.15) is 28.8 Å². The molecule has 1 aliphatic rings. The molecule has 0 heterocycles. The predicted octanol–water partition coefficient (Wildman–Crippen LogP) is 3.43. The zero-order chi connectivity index (χ0) is 15.4. The highest BCUT2D eigenvalue weighted by Crippen LogP contribution is 2.33. The van der Waals surface area contributed by atoms with Crippen LogP contribution in [0, 0.1) is 5.92 Å². The van der Waals surface area contributed by atoms with E-state index in [1.807, 2.05) is 30.3 Å². The molecule has 0 aromatic heterocycles. The molecular weight excluding hydrogens is 278 g/mol. The van der Waals surface area contributed by atoms with Crippen molar-refractivity contribution in [2.24, 2.45) is 5.92 Å². The van der Waals surface area contributed by atoms with Gasteiger partial charge in [0.05, 0.1) is 5.69 Å². The summed E-state index contributed by atoms with van der Waals surface area (Å²) < 4.78 is 5.79. The number of nitrogens with one attached hydrogen (secondary N) is 1. The van der Waals surface area contributed by atoms with Crippen molar-refractivity contribution in [3.63, 3.8) is 0 Å². The Morgan fingerprint density at radius 2 is 1.95 bits per heavy atom. The van der Waals surface area contributed by atoms with E-state index in [1.54, 1.807) is 18.2 Å². The van der Waals surface area contributed by atoms with Crippen LogP contribution in [0.3, 0.4) is 0 Å². The Balaban J connectivity index is 1.76. The standard InChI is InChI=1S/C18H17NO3/c20-11-14-6-9-17(22-12-13-4-2-1-3-5-13)16(10-14)19-18(21)15-7-8-15/h1-6,9-11,15H,7-8,12H2,(H,19,21).